The number of hydrogen-bond donors (Lipinski definition) is 0. The van der Waals surface area contributed by atoms with Gasteiger partial charge < -0.3 is 27.9 Å². The molecule has 0 saturated heterocycles. The largest absolute Gasteiger partial charge is 0.756 e. The molecule has 0 aliphatic carbocycles. The van der Waals surface area contributed by atoms with Crippen molar-refractivity contribution in [3.8, 4) is 0 Å². The molecule has 9 nitrogen and oxygen atoms in total. The van der Waals surface area contributed by atoms with Crippen LogP contribution in [0.5, 0.6) is 0 Å². The molecule has 0 spiro atoms. The molecule has 0 bridgehead atoms. The molecular formula is C58H100NO8P. The number of unbranched alkanes of at least 4 members (excludes halogenated alkanes) is 18. The summed E-state index contributed by atoms with van der Waals surface area (Å²) in [7, 11) is 1.13. The van der Waals surface area contributed by atoms with Crippen LogP contribution in [0.25, 0.3) is 0 Å². The number of allylic oxidation sites excluding steroid dienone is 16. The number of quaternary nitrogens is 1. The number of ether oxygens (including phenoxy) is 2. The Kier molecular flexibility index (Phi) is 46.7. The van der Waals surface area contributed by atoms with E-state index in [1.165, 1.54) is 83.5 Å². The quantitative estimate of drug-likeness (QED) is 0.0195. The Bertz CT molecular complexity index is 1470. The number of carbonyl (C=O) groups is 2. The predicted octanol–water partition coefficient (Wildman–Crippen LogP) is 15.8. The average molecular weight is 970 g/mol. The van der Waals surface area contributed by atoms with E-state index in [1.54, 1.807) is 0 Å². The molecule has 0 aliphatic heterocycles. The monoisotopic (exact) mass is 970 g/mol. The Morgan fingerprint density at radius 1 is 0.456 bits per heavy atom. The van der Waals surface area contributed by atoms with Crippen LogP contribution < -0.4 is 4.89 Å². The van der Waals surface area contributed by atoms with Gasteiger partial charge in [-0.15, -0.1) is 0 Å². The van der Waals surface area contributed by atoms with Crippen LogP contribution in [0.2, 0.25) is 0 Å². The van der Waals surface area contributed by atoms with Gasteiger partial charge in [0.15, 0.2) is 6.10 Å². The first-order valence-electron chi connectivity index (χ1n) is 26.9. The lowest BCUT2D eigenvalue weighted by atomic mass is 10.0. The van der Waals surface area contributed by atoms with Gasteiger partial charge in [-0.25, -0.2) is 0 Å². The summed E-state index contributed by atoms with van der Waals surface area (Å²) in [5, 5.41) is 0. The first-order valence-corrected chi connectivity index (χ1v) is 28.4. The number of phosphoric ester groups is 1. The van der Waals surface area contributed by atoms with Crippen LogP contribution in [0, 0.1) is 0 Å². The number of hydrogen-bond acceptors (Lipinski definition) is 8. The number of esters is 2. The fourth-order valence-electron chi connectivity index (χ4n) is 6.99. The third kappa shape index (κ3) is 52.3. The minimum Gasteiger partial charge on any atom is -0.756 e. The lowest BCUT2D eigenvalue weighted by Crippen LogP contribution is -2.37. The minimum absolute atomic E-state index is 0.0414. The van der Waals surface area contributed by atoms with Gasteiger partial charge in [0, 0.05) is 12.8 Å². The minimum atomic E-state index is -4.65. The molecule has 2 unspecified atom stereocenters. The fourth-order valence-corrected chi connectivity index (χ4v) is 7.72. The highest BCUT2D eigenvalue weighted by Gasteiger charge is 2.21. The third-order valence-corrected chi connectivity index (χ3v) is 12.1. The van der Waals surface area contributed by atoms with Crippen molar-refractivity contribution in [1.82, 2.24) is 0 Å². The van der Waals surface area contributed by atoms with Crippen LogP contribution in [-0.4, -0.2) is 70.0 Å². The Labute approximate surface area is 417 Å². The van der Waals surface area contributed by atoms with Crippen LogP contribution in [0.1, 0.15) is 206 Å². The SMILES string of the molecule is CC/C=C\C/C=C\C/C=C\C/C=C\CCCCCCCCCCCCCCCCCCC(=O)OC(COC(=O)CCCC/C=C\C/C=C\C/C=C\C/C=C\CC)COP(=O)([O-])OCC[N+](C)(C)C. The van der Waals surface area contributed by atoms with E-state index in [0.717, 1.165) is 83.5 Å². The molecule has 0 aromatic heterocycles. The molecule has 0 heterocycles. The summed E-state index contributed by atoms with van der Waals surface area (Å²) in [4.78, 5) is 37.7. The van der Waals surface area contributed by atoms with Crippen LogP contribution in [0.3, 0.4) is 0 Å². The Hall–Kier alpha value is -3.07. The van der Waals surface area contributed by atoms with Crippen molar-refractivity contribution >= 4 is 19.8 Å². The van der Waals surface area contributed by atoms with Gasteiger partial charge in [0.1, 0.15) is 19.8 Å². The Balaban J connectivity index is 4.17. The molecule has 2 atom stereocenters. The van der Waals surface area contributed by atoms with Gasteiger partial charge in [-0.1, -0.05) is 201 Å². The lowest BCUT2D eigenvalue weighted by molar-refractivity contribution is -0.870. The van der Waals surface area contributed by atoms with Crippen molar-refractivity contribution in [3.63, 3.8) is 0 Å². The maximum Gasteiger partial charge on any atom is 0.306 e. The van der Waals surface area contributed by atoms with Crippen LogP contribution in [0.15, 0.2) is 97.2 Å². The number of likely N-dealkylation sites (N-methyl/N-ethyl adjacent to an activating group) is 1. The van der Waals surface area contributed by atoms with Gasteiger partial charge in [0.05, 0.1) is 27.7 Å². The molecule has 10 heteroatoms. The number of nitrogens with zero attached hydrogens (tertiary/aromatic N) is 1. The van der Waals surface area contributed by atoms with E-state index in [-0.39, 0.29) is 26.1 Å². The zero-order valence-electron chi connectivity index (χ0n) is 44.0. The summed E-state index contributed by atoms with van der Waals surface area (Å²) in [5.41, 5.74) is 0. The highest BCUT2D eigenvalue weighted by Crippen LogP contribution is 2.38. The van der Waals surface area contributed by atoms with E-state index < -0.39 is 32.5 Å². The fraction of sp³-hybridized carbons (Fsp3) is 0.690. The molecule has 0 radical (unpaired) electrons. The molecule has 0 aromatic carbocycles. The van der Waals surface area contributed by atoms with Gasteiger partial charge in [-0.05, 0) is 89.9 Å². The average Bonchev–Trinajstić information content (AvgIpc) is 3.30. The van der Waals surface area contributed by atoms with Gasteiger partial charge in [-0.3, -0.25) is 14.2 Å². The van der Waals surface area contributed by atoms with E-state index in [0.29, 0.717) is 23.9 Å². The van der Waals surface area contributed by atoms with E-state index in [4.69, 9.17) is 18.5 Å². The van der Waals surface area contributed by atoms with Gasteiger partial charge in [0.25, 0.3) is 7.82 Å². The van der Waals surface area contributed by atoms with Crippen molar-refractivity contribution in [3.05, 3.63) is 97.2 Å². The predicted molar refractivity (Wildman–Crippen MR) is 286 cm³/mol. The van der Waals surface area contributed by atoms with Crippen LogP contribution >= 0.6 is 7.82 Å². The van der Waals surface area contributed by atoms with Gasteiger partial charge in [0.2, 0.25) is 0 Å². The van der Waals surface area contributed by atoms with E-state index in [2.05, 4.69) is 111 Å². The van der Waals surface area contributed by atoms with Gasteiger partial charge >= 0.3 is 11.9 Å². The zero-order valence-corrected chi connectivity index (χ0v) is 44.9. The molecule has 0 aromatic rings. The van der Waals surface area contributed by atoms with E-state index in [9.17, 15) is 19.0 Å². The van der Waals surface area contributed by atoms with Gasteiger partial charge in [-0.2, -0.15) is 0 Å². The molecule has 0 fully saturated rings. The maximum atomic E-state index is 12.8. The second kappa shape index (κ2) is 48.9. The summed E-state index contributed by atoms with van der Waals surface area (Å²) in [5.74, 6) is -0.886. The standard InChI is InChI=1S/C58H100NO8P/c1-6-8-10-12-14-16-18-20-22-23-24-25-26-27-28-29-30-31-32-33-34-35-37-39-41-43-45-47-49-51-58(61)67-56(55-66-68(62,63)65-53-52-59(3,4)5)54-64-57(60)50-48-46-44-42-40-38-36-21-19-17-15-13-11-9-7-2/h8-11,14-17,20-22,24-25,36,40,42,56H,6-7,12-13,18-19,23,26-35,37-39,41,43-55H2,1-5H3/b10-8-,11-9-,16-14-,17-15-,22-20-,25-24-,36-21-,42-40-. The highest BCUT2D eigenvalue weighted by atomic mass is 31.2. The lowest BCUT2D eigenvalue weighted by Gasteiger charge is -2.28. The molecule has 0 N–H and O–H groups in total. The van der Waals surface area contributed by atoms with Crippen molar-refractivity contribution in [1.29, 1.82) is 0 Å². The number of phosphoric acid groups is 1. The van der Waals surface area contributed by atoms with Crippen molar-refractivity contribution in [2.75, 3.05) is 47.5 Å². The number of carbonyl (C=O) groups excluding carboxylic acids is 2. The second-order valence-electron chi connectivity index (χ2n) is 18.8. The van der Waals surface area contributed by atoms with Crippen LogP contribution in [0.4, 0.5) is 0 Å². The smallest absolute Gasteiger partial charge is 0.306 e. The third-order valence-electron chi connectivity index (χ3n) is 11.1. The summed E-state index contributed by atoms with van der Waals surface area (Å²) < 4.78 is 34.0. The molecular weight excluding hydrogens is 870 g/mol. The Morgan fingerprint density at radius 3 is 1.21 bits per heavy atom. The van der Waals surface area contributed by atoms with Crippen molar-refractivity contribution in [2.24, 2.45) is 0 Å². The summed E-state index contributed by atoms with van der Waals surface area (Å²) in [6.45, 7) is 3.95. The summed E-state index contributed by atoms with van der Waals surface area (Å²) in [6, 6.07) is 0. The summed E-state index contributed by atoms with van der Waals surface area (Å²) >= 11 is 0. The van der Waals surface area contributed by atoms with Crippen LogP contribution in [-0.2, 0) is 32.7 Å². The Morgan fingerprint density at radius 2 is 0.794 bits per heavy atom. The maximum absolute atomic E-state index is 12.8. The summed E-state index contributed by atoms with van der Waals surface area (Å²) in [6.07, 6.45) is 66.0. The first-order chi connectivity index (χ1) is 33.0. The first kappa shape index (κ1) is 64.9. The van der Waals surface area contributed by atoms with Crippen molar-refractivity contribution in [2.45, 2.75) is 213 Å². The molecule has 0 saturated carbocycles. The molecule has 0 rings (SSSR count). The zero-order chi connectivity index (χ0) is 49.9. The highest BCUT2D eigenvalue weighted by molar-refractivity contribution is 7.45. The van der Waals surface area contributed by atoms with E-state index in [1.807, 2.05) is 21.1 Å². The normalized spacial score (nSPS) is 14.1. The van der Waals surface area contributed by atoms with E-state index >= 15 is 0 Å². The molecule has 0 aliphatic rings. The molecule has 0 amide bonds. The number of rotatable bonds is 48. The second-order valence-corrected chi connectivity index (χ2v) is 20.2. The molecule has 390 valence electrons. The van der Waals surface area contributed by atoms with Crippen molar-refractivity contribution < 1.29 is 42.1 Å². The molecule has 68 heavy (non-hydrogen) atoms. The topological polar surface area (TPSA) is 111 Å².